The Morgan fingerprint density at radius 2 is 2.00 bits per heavy atom. The van der Waals surface area contributed by atoms with Gasteiger partial charge in [-0.05, 0) is 25.0 Å². The molecule has 0 bridgehead atoms. The number of ether oxygens (including phenoxy) is 3. The van der Waals surface area contributed by atoms with E-state index in [0.29, 0.717) is 57.5 Å². The zero-order valence-electron chi connectivity index (χ0n) is 17.7. The van der Waals surface area contributed by atoms with Crippen molar-refractivity contribution in [3.05, 3.63) is 40.2 Å². The van der Waals surface area contributed by atoms with Crippen molar-refractivity contribution in [2.24, 2.45) is 0 Å². The Kier molecular flexibility index (Phi) is 9.47. The topological polar surface area (TPSA) is 103 Å². The minimum atomic E-state index is -0.213. The normalized spacial score (nSPS) is 14.7. The summed E-state index contributed by atoms with van der Waals surface area (Å²) < 4.78 is 20.8. The van der Waals surface area contributed by atoms with E-state index in [1.165, 1.54) is 11.3 Å². The van der Waals surface area contributed by atoms with Gasteiger partial charge in [0.1, 0.15) is 18.1 Å². The lowest BCUT2D eigenvalue weighted by Crippen LogP contribution is -2.40. The summed E-state index contributed by atoms with van der Waals surface area (Å²) in [7, 11) is 1.62. The Hall–Kier alpha value is -2.27. The van der Waals surface area contributed by atoms with Crippen molar-refractivity contribution >= 4 is 23.2 Å². The molecule has 1 aliphatic rings. The average molecular weight is 452 g/mol. The number of piperidine rings is 1. The van der Waals surface area contributed by atoms with Crippen LogP contribution in [-0.2, 0) is 25.5 Å². The van der Waals surface area contributed by atoms with Crippen molar-refractivity contribution in [2.75, 3.05) is 53.2 Å². The second-order valence-electron chi connectivity index (χ2n) is 7.15. The number of methoxy groups -OCH3 is 1. The predicted molar refractivity (Wildman–Crippen MR) is 114 cm³/mol. The van der Waals surface area contributed by atoms with Gasteiger partial charge in [0.25, 0.3) is 5.91 Å². The molecular formula is C21H29N3O6S. The summed E-state index contributed by atoms with van der Waals surface area (Å²) in [6.45, 7) is 3.62. The van der Waals surface area contributed by atoms with Crippen LogP contribution in [-0.4, -0.2) is 74.9 Å². The van der Waals surface area contributed by atoms with Gasteiger partial charge in [0.05, 0.1) is 44.2 Å². The molecule has 3 heterocycles. The van der Waals surface area contributed by atoms with Gasteiger partial charge < -0.3 is 28.8 Å². The van der Waals surface area contributed by atoms with E-state index in [1.54, 1.807) is 24.8 Å². The fraction of sp³-hybridized carbons (Fsp3) is 0.571. The van der Waals surface area contributed by atoms with Crippen molar-refractivity contribution in [1.29, 1.82) is 0 Å². The number of nitrogens with one attached hydrogen (secondary N) is 1. The van der Waals surface area contributed by atoms with Crippen LogP contribution in [0.1, 0.15) is 40.0 Å². The van der Waals surface area contributed by atoms with E-state index in [4.69, 9.17) is 18.6 Å². The standard InChI is InChI=1S/C21H29N3O6S/c1-27-9-10-28-11-12-29-14-19(25)24-6-4-16(5-7-24)21-23-18(15-31-21)20(26)22-13-17-3-2-8-30-17/h2-3,8,15-16H,4-7,9-14H2,1H3,(H,22,26). The zero-order chi connectivity index (χ0) is 21.9. The first-order valence-corrected chi connectivity index (χ1v) is 11.2. The molecule has 31 heavy (non-hydrogen) atoms. The van der Waals surface area contributed by atoms with Crippen LogP contribution in [0.15, 0.2) is 28.2 Å². The number of carbonyl (C=O) groups excluding carboxylic acids is 2. The van der Waals surface area contributed by atoms with Crippen molar-refractivity contribution in [3.63, 3.8) is 0 Å². The number of likely N-dealkylation sites (tertiary alicyclic amines) is 1. The van der Waals surface area contributed by atoms with Crippen molar-refractivity contribution < 1.29 is 28.2 Å². The highest BCUT2D eigenvalue weighted by atomic mass is 32.1. The Balaban J connectivity index is 1.35. The summed E-state index contributed by atoms with van der Waals surface area (Å²) in [6, 6.07) is 3.59. The van der Waals surface area contributed by atoms with Crippen LogP contribution in [0, 0.1) is 0 Å². The van der Waals surface area contributed by atoms with E-state index in [1.807, 2.05) is 11.0 Å². The van der Waals surface area contributed by atoms with Crippen molar-refractivity contribution in [1.82, 2.24) is 15.2 Å². The average Bonchev–Trinajstić information content (AvgIpc) is 3.49. The molecule has 0 aromatic carbocycles. The Morgan fingerprint density at radius 1 is 1.23 bits per heavy atom. The maximum atomic E-state index is 12.3. The van der Waals surface area contributed by atoms with Gasteiger partial charge in [-0.15, -0.1) is 11.3 Å². The Labute approximate surface area is 185 Å². The fourth-order valence-corrected chi connectivity index (χ4v) is 4.21. The minimum absolute atomic E-state index is 0.00697. The Morgan fingerprint density at radius 3 is 2.74 bits per heavy atom. The van der Waals surface area contributed by atoms with E-state index in [-0.39, 0.29) is 24.3 Å². The number of carbonyl (C=O) groups is 2. The highest BCUT2D eigenvalue weighted by molar-refractivity contribution is 7.09. The number of furan rings is 1. The highest BCUT2D eigenvalue weighted by Gasteiger charge is 2.26. The first-order valence-electron chi connectivity index (χ1n) is 10.4. The lowest BCUT2D eigenvalue weighted by Gasteiger charge is -2.31. The lowest BCUT2D eigenvalue weighted by atomic mass is 9.97. The molecule has 0 unspecified atom stereocenters. The van der Waals surface area contributed by atoms with E-state index >= 15 is 0 Å². The second kappa shape index (κ2) is 12.6. The van der Waals surface area contributed by atoms with Crippen LogP contribution in [0.25, 0.3) is 0 Å². The van der Waals surface area contributed by atoms with E-state index in [0.717, 1.165) is 17.8 Å². The maximum absolute atomic E-state index is 12.3. The number of rotatable bonds is 12. The summed E-state index contributed by atoms with van der Waals surface area (Å²) in [6.07, 6.45) is 3.23. The summed E-state index contributed by atoms with van der Waals surface area (Å²) in [5, 5.41) is 5.54. The minimum Gasteiger partial charge on any atom is -0.467 e. The molecule has 10 heteroatoms. The number of thiazole rings is 1. The van der Waals surface area contributed by atoms with Gasteiger partial charge in [-0.3, -0.25) is 9.59 Å². The first kappa shape index (κ1) is 23.4. The molecule has 3 rings (SSSR count). The molecule has 0 saturated carbocycles. The number of amides is 2. The molecule has 1 fully saturated rings. The van der Waals surface area contributed by atoms with Crippen LogP contribution in [0.2, 0.25) is 0 Å². The van der Waals surface area contributed by atoms with Crippen LogP contribution in [0.4, 0.5) is 0 Å². The predicted octanol–water partition coefficient (Wildman–Crippen LogP) is 2.05. The molecule has 2 amide bonds. The van der Waals surface area contributed by atoms with Crippen LogP contribution in [0.5, 0.6) is 0 Å². The molecule has 0 radical (unpaired) electrons. The van der Waals surface area contributed by atoms with E-state index < -0.39 is 0 Å². The molecular weight excluding hydrogens is 422 g/mol. The summed E-state index contributed by atoms with van der Waals surface area (Å²) in [4.78, 5) is 30.9. The SMILES string of the molecule is COCCOCCOCC(=O)N1CCC(c2nc(C(=O)NCc3ccco3)cs2)CC1. The smallest absolute Gasteiger partial charge is 0.271 e. The Bertz CT molecular complexity index is 802. The van der Waals surface area contributed by atoms with Gasteiger partial charge in [0, 0.05) is 31.5 Å². The quantitative estimate of drug-likeness (QED) is 0.493. The van der Waals surface area contributed by atoms with Crippen molar-refractivity contribution in [3.8, 4) is 0 Å². The molecule has 2 aromatic heterocycles. The van der Waals surface area contributed by atoms with Crippen molar-refractivity contribution in [2.45, 2.75) is 25.3 Å². The highest BCUT2D eigenvalue weighted by Crippen LogP contribution is 2.30. The third-order valence-electron chi connectivity index (χ3n) is 4.98. The molecule has 9 nitrogen and oxygen atoms in total. The van der Waals surface area contributed by atoms with Crippen LogP contribution >= 0.6 is 11.3 Å². The maximum Gasteiger partial charge on any atom is 0.271 e. The summed E-state index contributed by atoms with van der Waals surface area (Å²) in [5.41, 5.74) is 0.422. The van der Waals surface area contributed by atoms with Gasteiger partial charge >= 0.3 is 0 Å². The zero-order valence-corrected chi connectivity index (χ0v) is 18.5. The molecule has 1 aliphatic heterocycles. The fourth-order valence-electron chi connectivity index (χ4n) is 3.24. The number of nitrogens with zero attached hydrogens (tertiary/aromatic N) is 2. The summed E-state index contributed by atoms with van der Waals surface area (Å²) in [5.74, 6) is 0.738. The van der Waals surface area contributed by atoms with Gasteiger partial charge in [-0.25, -0.2) is 4.98 Å². The van der Waals surface area contributed by atoms with Crippen LogP contribution < -0.4 is 5.32 Å². The van der Waals surface area contributed by atoms with Gasteiger partial charge in [-0.1, -0.05) is 0 Å². The molecule has 0 aliphatic carbocycles. The molecule has 2 aromatic rings. The molecule has 0 atom stereocenters. The number of hydrogen-bond donors (Lipinski definition) is 1. The van der Waals surface area contributed by atoms with E-state index in [9.17, 15) is 9.59 Å². The third kappa shape index (κ3) is 7.42. The number of hydrogen-bond acceptors (Lipinski definition) is 8. The van der Waals surface area contributed by atoms with Gasteiger partial charge in [-0.2, -0.15) is 0 Å². The summed E-state index contributed by atoms with van der Waals surface area (Å²) >= 11 is 1.50. The van der Waals surface area contributed by atoms with Gasteiger partial charge in [0.15, 0.2) is 0 Å². The molecule has 170 valence electrons. The second-order valence-corrected chi connectivity index (χ2v) is 8.04. The largest absolute Gasteiger partial charge is 0.467 e. The number of aromatic nitrogens is 1. The van der Waals surface area contributed by atoms with Gasteiger partial charge in [0.2, 0.25) is 5.91 Å². The lowest BCUT2D eigenvalue weighted by molar-refractivity contribution is -0.137. The van der Waals surface area contributed by atoms with E-state index in [2.05, 4.69) is 10.3 Å². The monoisotopic (exact) mass is 451 g/mol. The molecule has 1 saturated heterocycles. The molecule has 1 N–H and O–H groups in total. The third-order valence-corrected chi connectivity index (χ3v) is 5.99. The molecule has 0 spiro atoms. The van der Waals surface area contributed by atoms with Crippen LogP contribution in [0.3, 0.4) is 0 Å². The first-order chi connectivity index (χ1) is 15.2.